The minimum Gasteiger partial charge on any atom is -0.493 e. The van der Waals surface area contributed by atoms with Crippen molar-refractivity contribution in [2.45, 2.75) is 25.7 Å². The molecule has 1 atom stereocenters. The third kappa shape index (κ3) is 4.52. The van der Waals surface area contributed by atoms with E-state index in [2.05, 4.69) is 10.3 Å². The molecule has 1 aromatic carbocycles. The van der Waals surface area contributed by atoms with Gasteiger partial charge in [0.1, 0.15) is 11.3 Å². The summed E-state index contributed by atoms with van der Waals surface area (Å²) in [6.07, 6.45) is -3.13. The molecule has 31 heavy (non-hydrogen) atoms. The SMILES string of the molecule is COc1cc(C(=O)N[C@H](C)Cn2c(C(F)(F)F)cc3cccnc32)cc(OC)c1OC. The molecule has 0 saturated carbocycles. The van der Waals surface area contributed by atoms with Gasteiger partial charge >= 0.3 is 6.18 Å². The maximum absolute atomic E-state index is 13.5. The smallest absolute Gasteiger partial charge is 0.431 e. The van der Waals surface area contributed by atoms with Crippen molar-refractivity contribution in [3.8, 4) is 17.2 Å². The number of aromatic nitrogens is 2. The highest BCUT2D eigenvalue weighted by molar-refractivity contribution is 5.95. The number of nitrogens with one attached hydrogen (secondary N) is 1. The van der Waals surface area contributed by atoms with E-state index in [-0.39, 0.29) is 17.8 Å². The van der Waals surface area contributed by atoms with Crippen molar-refractivity contribution in [2.24, 2.45) is 0 Å². The Labute approximate surface area is 176 Å². The lowest BCUT2D eigenvalue weighted by molar-refractivity contribution is -0.143. The van der Waals surface area contributed by atoms with Crippen LogP contribution in [0.25, 0.3) is 11.0 Å². The molecule has 0 spiro atoms. The summed E-state index contributed by atoms with van der Waals surface area (Å²) in [7, 11) is 4.28. The number of pyridine rings is 1. The minimum atomic E-state index is -4.55. The molecule has 0 aliphatic heterocycles. The van der Waals surface area contributed by atoms with E-state index in [0.29, 0.717) is 22.6 Å². The lowest BCUT2D eigenvalue weighted by Crippen LogP contribution is -2.36. The van der Waals surface area contributed by atoms with Crippen molar-refractivity contribution in [2.75, 3.05) is 21.3 Å². The zero-order valence-corrected chi connectivity index (χ0v) is 17.4. The average molecular weight is 437 g/mol. The van der Waals surface area contributed by atoms with Crippen molar-refractivity contribution >= 4 is 16.9 Å². The number of methoxy groups -OCH3 is 3. The number of ether oxygens (including phenoxy) is 3. The Kier molecular flexibility index (Phi) is 6.28. The van der Waals surface area contributed by atoms with Crippen molar-refractivity contribution in [3.63, 3.8) is 0 Å². The number of rotatable bonds is 7. The normalized spacial score (nSPS) is 12.5. The highest BCUT2D eigenvalue weighted by Gasteiger charge is 2.36. The van der Waals surface area contributed by atoms with E-state index >= 15 is 0 Å². The standard InChI is InChI=1S/C21H22F3N3O4/c1-12(11-27-17(21(22,23)24)10-13-6-5-7-25-19(13)27)26-20(28)14-8-15(29-2)18(31-4)16(9-14)30-3/h5-10,12H,11H2,1-4H3,(H,26,28)/t12-/m1/s1. The summed E-state index contributed by atoms with van der Waals surface area (Å²) in [4.78, 5) is 16.8. The molecule has 10 heteroatoms. The molecule has 0 radical (unpaired) electrons. The summed E-state index contributed by atoms with van der Waals surface area (Å²) in [5.74, 6) is 0.415. The first kappa shape index (κ1) is 22.3. The van der Waals surface area contributed by atoms with Gasteiger partial charge in [-0.15, -0.1) is 0 Å². The van der Waals surface area contributed by atoms with Gasteiger partial charge < -0.3 is 24.1 Å². The fraction of sp³-hybridized carbons (Fsp3) is 0.333. The van der Waals surface area contributed by atoms with Crippen LogP contribution < -0.4 is 19.5 Å². The quantitative estimate of drug-likeness (QED) is 0.607. The second kappa shape index (κ2) is 8.75. The number of benzene rings is 1. The molecule has 166 valence electrons. The molecule has 2 heterocycles. The predicted molar refractivity (Wildman–Crippen MR) is 108 cm³/mol. The lowest BCUT2D eigenvalue weighted by atomic mass is 10.1. The van der Waals surface area contributed by atoms with E-state index in [1.54, 1.807) is 19.1 Å². The summed E-state index contributed by atoms with van der Waals surface area (Å²) in [6.45, 7) is 1.50. The van der Waals surface area contributed by atoms with Crippen LogP contribution in [0.4, 0.5) is 13.2 Å². The molecular formula is C21H22F3N3O4. The van der Waals surface area contributed by atoms with Crippen LogP contribution in [-0.4, -0.2) is 42.8 Å². The van der Waals surface area contributed by atoms with Gasteiger partial charge in [0.15, 0.2) is 11.5 Å². The van der Waals surface area contributed by atoms with Gasteiger partial charge in [-0.25, -0.2) is 4.98 Å². The third-order valence-electron chi connectivity index (χ3n) is 4.71. The molecule has 0 aliphatic rings. The van der Waals surface area contributed by atoms with Gasteiger partial charge in [0.25, 0.3) is 5.91 Å². The predicted octanol–water partition coefficient (Wildman–Crippen LogP) is 3.90. The van der Waals surface area contributed by atoms with Crippen LogP contribution in [0.3, 0.4) is 0 Å². The zero-order valence-electron chi connectivity index (χ0n) is 17.4. The highest BCUT2D eigenvalue weighted by Crippen LogP contribution is 2.38. The molecule has 7 nitrogen and oxygen atoms in total. The number of hydrogen-bond acceptors (Lipinski definition) is 5. The maximum atomic E-state index is 13.5. The fourth-order valence-corrected chi connectivity index (χ4v) is 3.35. The average Bonchev–Trinajstić information content (AvgIpc) is 3.11. The molecule has 0 saturated heterocycles. The molecule has 3 rings (SSSR count). The van der Waals surface area contributed by atoms with Crippen LogP contribution in [0.1, 0.15) is 23.0 Å². The van der Waals surface area contributed by atoms with Crippen LogP contribution >= 0.6 is 0 Å². The molecule has 1 N–H and O–H groups in total. The Balaban J connectivity index is 1.87. The summed E-state index contributed by atoms with van der Waals surface area (Å²) in [6, 6.07) is 6.49. The van der Waals surface area contributed by atoms with Crippen LogP contribution in [0.2, 0.25) is 0 Å². The Bertz CT molecular complexity index is 1070. The van der Waals surface area contributed by atoms with E-state index in [0.717, 1.165) is 10.6 Å². The van der Waals surface area contributed by atoms with Gasteiger partial charge in [0, 0.05) is 29.7 Å². The number of fused-ring (bicyclic) bond motifs is 1. The van der Waals surface area contributed by atoms with E-state index in [1.165, 1.54) is 39.7 Å². The van der Waals surface area contributed by atoms with E-state index in [1.807, 2.05) is 0 Å². The number of alkyl halides is 3. The number of carbonyl (C=O) groups is 1. The summed E-state index contributed by atoms with van der Waals surface area (Å²) in [5, 5.41) is 3.08. The Morgan fingerprint density at radius 1 is 1.13 bits per heavy atom. The summed E-state index contributed by atoms with van der Waals surface area (Å²) >= 11 is 0. The molecule has 1 amide bonds. The van der Waals surface area contributed by atoms with Crippen molar-refractivity contribution < 1.29 is 32.2 Å². The number of carbonyl (C=O) groups excluding carboxylic acids is 1. The third-order valence-corrected chi connectivity index (χ3v) is 4.71. The second-order valence-electron chi connectivity index (χ2n) is 6.84. The molecular weight excluding hydrogens is 415 g/mol. The molecule has 0 aliphatic carbocycles. The lowest BCUT2D eigenvalue weighted by Gasteiger charge is -2.19. The number of halogens is 3. The van der Waals surface area contributed by atoms with Crippen LogP contribution in [0.5, 0.6) is 17.2 Å². The molecule has 2 aromatic heterocycles. The minimum absolute atomic E-state index is 0.120. The van der Waals surface area contributed by atoms with Gasteiger partial charge in [0.2, 0.25) is 5.75 Å². The van der Waals surface area contributed by atoms with E-state index < -0.39 is 23.8 Å². The number of hydrogen-bond donors (Lipinski definition) is 1. The van der Waals surface area contributed by atoms with Crippen LogP contribution in [0, 0.1) is 0 Å². The topological polar surface area (TPSA) is 74.6 Å². The molecule has 0 fully saturated rings. The van der Waals surface area contributed by atoms with Crippen LogP contribution in [-0.2, 0) is 12.7 Å². The largest absolute Gasteiger partial charge is 0.493 e. The van der Waals surface area contributed by atoms with Crippen LogP contribution in [0.15, 0.2) is 36.5 Å². The summed E-state index contributed by atoms with van der Waals surface area (Å²) in [5.41, 5.74) is -0.410. The highest BCUT2D eigenvalue weighted by atomic mass is 19.4. The molecule has 0 bridgehead atoms. The monoisotopic (exact) mass is 437 g/mol. The van der Waals surface area contributed by atoms with Crippen molar-refractivity contribution in [3.05, 3.63) is 47.8 Å². The second-order valence-corrected chi connectivity index (χ2v) is 6.84. The first-order valence-corrected chi connectivity index (χ1v) is 9.32. The van der Waals surface area contributed by atoms with Gasteiger partial charge in [-0.1, -0.05) is 0 Å². The molecule has 0 unspecified atom stereocenters. The molecule has 3 aromatic rings. The number of nitrogens with zero attached hydrogens (tertiary/aromatic N) is 2. The van der Waals surface area contributed by atoms with E-state index in [4.69, 9.17) is 14.2 Å². The first-order chi connectivity index (χ1) is 14.7. The van der Waals surface area contributed by atoms with Gasteiger partial charge in [-0.3, -0.25) is 4.79 Å². The van der Waals surface area contributed by atoms with Gasteiger partial charge in [-0.05, 0) is 37.3 Å². The Hall–Kier alpha value is -3.43. The fourth-order valence-electron chi connectivity index (χ4n) is 3.35. The Morgan fingerprint density at radius 3 is 2.32 bits per heavy atom. The maximum Gasteiger partial charge on any atom is 0.431 e. The van der Waals surface area contributed by atoms with E-state index in [9.17, 15) is 18.0 Å². The number of amides is 1. The Morgan fingerprint density at radius 2 is 1.77 bits per heavy atom. The van der Waals surface area contributed by atoms with Crippen molar-refractivity contribution in [1.29, 1.82) is 0 Å². The van der Waals surface area contributed by atoms with Gasteiger partial charge in [-0.2, -0.15) is 13.2 Å². The van der Waals surface area contributed by atoms with Gasteiger partial charge in [0.05, 0.1) is 21.3 Å². The summed E-state index contributed by atoms with van der Waals surface area (Å²) < 4.78 is 57.4. The van der Waals surface area contributed by atoms with Crippen molar-refractivity contribution in [1.82, 2.24) is 14.9 Å². The first-order valence-electron chi connectivity index (χ1n) is 9.32. The zero-order chi connectivity index (χ0) is 22.8.